The fourth-order valence-corrected chi connectivity index (χ4v) is 3.00. The van der Waals surface area contributed by atoms with Crippen LogP contribution in [0.1, 0.15) is 40.6 Å². The zero-order chi connectivity index (χ0) is 15.9. The summed E-state index contributed by atoms with van der Waals surface area (Å²) >= 11 is 1.43. The molecule has 0 aliphatic carbocycles. The van der Waals surface area contributed by atoms with Crippen LogP contribution in [-0.2, 0) is 11.3 Å². The highest BCUT2D eigenvalue weighted by molar-refractivity contribution is 7.12. The number of aryl methyl sites for hydroxylation is 1. The van der Waals surface area contributed by atoms with Gasteiger partial charge >= 0.3 is 0 Å². The van der Waals surface area contributed by atoms with Crippen LogP contribution < -0.4 is 0 Å². The van der Waals surface area contributed by atoms with Gasteiger partial charge in [-0.15, -0.1) is 11.3 Å². The number of Topliss-reactive ketones (excluding diaryl/α,β-unsaturated/α-hetero) is 1. The smallest absolute Gasteiger partial charge is 0.223 e. The Bertz CT molecular complexity index is 634. The number of rotatable bonds is 7. The van der Waals surface area contributed by atoms with E-state index in [0.29, 0.717) is 13.1 Å². The fourth-order valence-electron chi connectivity index (χ4n) is 2.31. The van der Waals surface area contributed by atoms with E-state index >= 15 is 0 Å². The Balaban J connectivity index is 1.92. The minimum absolute atomic E-state index is 0.0376. The van der Waals surface area contributed by atoms with Crippen molar-refractivity contribution in [2.75, 3.05) is 6.54 Å². The molecular formula is C18H21NO2S. The van der Waals surface area contributed by atoms with Crippen LogP contribution in [0.4, 0.5) is 0 Å². The van der Waals surface area contributed by atoms with E-state index < -0.39 is 0 Å². The standard InChI is InChI=1S/C18H21NO2S/c1-3-19(13-15-8-5-4-7-14(15)2)18(21)11-10-16(20)17-9-6-12-22-17/h4-9,12H,3,10-11,13H2,1-2H3. The predicted molar refractivity (Wildman–Crippen MR) is 90.2 cm³/mol. The molecule has 1 aromatic carbocycles. The molecule has 2 rings (SSSR count). The monoisotopic (exact) mass is 315 g/mol. The molecule has 1 aromatic heterocycles. The lowest BCUT2D eigenvalue weighted by atomic mass is 10.1. The topological polar surface area (TPSA) is 37.4 Å². The Morgan fingerprint density at radius 1 is 1.09 bits per heavy atom. The van der Waals surface area contributed by atoms with Gasteiger partial charge in [-0.05, 0) is 36.4 Å². The van der Waals surface area contributed by atoms with E-state index in [1.54, 1.807) is 0 Å². The van der Waals surface area contributed by atoms with Crippen LogP contribution in [0.5, 0.6) is 0 Å². The largest absolute Gasteiger partial charge is 0.339 e. The Labute approximate surface area is 135 Å². The van der Waals surface area contributed by atoms with Gasteiger partial charge in [0.05, 0.1) is 4.88 Å². The molecule has 1 heterocycles. The number of amides is 1. The first-order valence-corrected chi connectivity index (χ1v) is 8.38. The van der Waals surface area contributed by atoms with Gasteiger partial charge in [-0.25, -0.2) is 0 Å². The van der Waals surface area contributed by atoms with Crippen molar-refractivity contribution in [3.63, 3.8) is 0 Å². The first kappa shape index (κ1) is 16.4. The van der Waals surface area contributed by atoms with Crippen molar-refractivity contribution < 1.29 is 9.59 Å². The van der Waals surface area contributed by atoms with Gasteiger partial charge < -0.3 is 4.90 Å². The van der Waals surface area contributed by atoms with Crippen LogP contribution in [0.2, 0.25) is 0 Å². The lowest BCUT2D eigenvalue weighted by Gasteiger charge is -2.22. The van der Waals surface area contributed by atoms with Gasteiger partial charge in [0, 0.05) is 25.9 Å². The lowest BCUT2D eigenvalue weighted by Crippen LogP contribution is -2.30. The summed E-state index contributed by atoms with van der Waals surface area (Å²) in [4.78, 5) is 26.9. The zero-order valence-electron chi connectivity index (χ0n) is 13.0. The van der Waals surface area contributed by atoms with Gasteiger partial charge in [0.2, 0.25) is 5.91 Å². The van der Waals surface area contributed by atoms with Gasteiger partial charge in [-0.2, -0.15) is 0 Å². The van der Waals surface area contributed by atoms with E-state index in [1.165, 1.54) is 16.9 Å². The van der Waals surface area contributed by atoms with Crippen LogP contribution in [-0.4, -0.2) is 23.1 Å². The predicted octanol–water partition coefficient (Wildman–Crippen LogP) is 4.07. The summed E-state index contributed by atoms with van der Waals surface area (Å²) < 4.78 is 0. The van der Waals surface area contributed by atoms with Crippen molar-refractivity contribution in [1.82, 2.24) is 4.90 Å². The maximum absolute atomic E-state index is 12.3. The maximum Gasteiger partial charge on any atom is 0.223 e. The Morgan fingerprint density at radius 3 is 2.50 bits per heavy atom. The Hall–Kier alpha value is -1.94. The summed E-state index contributed by atoms with van der Waals surface area (Å²) in [6.07, 6.45) is 0.556. The third-order valence-electron chi connectivity index (χ3n) is 3.72. The van der Waals surface area contributed by atoms with Crippen LogP contribution in [0.3, 0.4) is 0 Å². The normalized spacial score (nSPS) is 10.5. The van der Waals surface area contributed by atoms with Crippen molar-refractivity contribution in [2.24, 2.45) is 0 Å². The molecule has 3 nitrogen and oxygen atoms in total. The number of ketones is 1. The number of nitrogens with zero attached hydrogens (tertiary/aromatic N) is 1. The summed E-state index contributed by atoms with van der Waals surface area (Å²) in [6.45, 7) is 5.28. The quantitative estimate of drug-likeness (QED) is 0.722. The molecule has 4 heteroatoms. The second-order valence-electron chi connectivity index (χ2n) is 5.23. The number of carbonyl (C=O) groups excluding carboxylic acids is 2. The molecule has 0 aliphatic rings. The molecule has 0 fully saturated rings. The molecule has 2 aromatic rings. The number of benzene rings is 1. The van der Waals surface area contributed by atoms with E-state index in [-0.39, 0.29) is 24.5 Å². The molecule has 0 saturated carbocycles. The highest BCUT2D eigenvalue weighted by Gasteiger charge is 2.15. The highest BCUT2D eigenvalue weighted by Crippen LogP contribution is 2.15. The number of hydrogen-bond acceptors (Lipinski definition) is 3. The summed E-state index contributed by atoms with van der Waals surface area (Å²) in [5.41, 5.74) is 2.34. The summed E-state index contributed by atoms with van der Waals surface area (Å²) in [6, 6.07) is 11.7. The average Bonchev–Trinajstić information content (AvgIpc) is 3.06. The molecule has 0 aliphatic heterocycles. The van der Waals surface area contributed by atoms with Crippen LogP contribution in [0, 0.1) is 6.92 Å². The van der Waals surface area contributed by atoms with Crippen LogP contribution >= 0.6 is 11.3 Å². The van der Waals surface area contributed by atoms with Gasteiger partial charge in [-0.1, -0.05) is 30.3 Å². The molecule has 0 bridgehead atoms. The highest BCUT2D eigenvalue weighted by atomic mass is 32.1. The van der Waals surface area contributed by atoms with Crippen LogP contribution in [0.15, 0.2) is 41.8 Å². The first-order chi connectivity index (χ1) is 10.6. The van der Waals surface area contributed by atoms with Crippen molar-refractivity contribution in [3.05, 3.63) is 57.8 Å². The van der Waals surface area contributed by atoms with E-state index in [2.05, 4.69) is 0 Å². The molecule has 116 valence electrons. The van der Waals surface area contributed by atoms with Gasteiger partial charge in [0.25, 0.3) is 0 Å². The molecule has 0 N–H and O–H groups in total. The van der Waals surface area contributed by atoms with E-state index in [9.17, 15) is 9.59 Å². The molecule has 0 atom stereocenters. The Morgan fingerprint density at radius 2 is 1.86 bits per heavy atom. The SMILES string of the molecule is CCN(Cc1ccccc1C)C(=O)CCC(=O)c1cccs1. The van der Waals surface area contributed by atoms with Crippen molar-refractivity contribution in [1.29, 1.82) is 0 Å². The van der Waals surface area contributed by atoms with E-state index in [1.807, 2.05) is 60.5 Å². The van der Waals surface area contributed by atoms with Gasteiger partial charge in [0.15, 0.2) is 5.78 Å². The van der Waals surface area contributed by atoms with Gasteiger partial charge in [0.1, 0.15) is 0 Å². The molecule has 1 amide bonds. The average molecular weight is 315 g/mol. The molecule has 0 unspecified atom stereocenters. The van der Waals surface area contributed by atoms with Crippen molar-refractivity contribution in [3.8, 4) is 0 Å². The molecular weight excluding hydrogens is 294 g/mol. The third kappa shape index (κ3) is 4.28. The lowest BCUT2D eigenvalue weighted by molar-refractivity contribution is -0.131. The maximum atomic E-state index is 12.3. The van der Waals surface area contributed by atoms with Crippen LogP contribution in [0.25, 0.3) is 0 Å². The number of thiophene rings is 1. The first-order valence-electron chi connectivity index (χ1n) is 7.50. The third-order valence-corrected chi connectivity index (χ3v) is 4.63. The fraction of sp³-hybridized carbons (Fsp3) is 0.333. The summed E-state index contributed by atoms with van der Waals surface area (Å²) in [5.74, 6) is 0.0888. The van der Waals surface area contributed by atoms with E-state index in [0.717, 1.165) is 10.4 Å². The molecule has 22 heavy (non-hydrogen) atoms. The minimum Gasteiger partial charge on any atom is -0.339 e. The molecule has 0 saturated heterocycles. The molecule has 0 spiro atoms. The zero-order valence-corrected chi connectivity index (χ0v) is 13.9. The Kier molecular flexibility index (Phi) is 5.90. The van der Waals surface area contributed by atoms with Gasteiger partial charge in [-0.3, -0.25) is 9.59 Å². The van der Waals surface area contributed by atoms with Crippen molar-refractivity contribution in [2.45, 2.75) is 33.2 Å². The van der Waals surface area contributed by atoms with E-state index in [4.69, 9.17) is 0 Å². The minimum atomic E-state index is 0.0376. The number of hydrogen-bond donors (Lipinski definition) is 0. The number of carbonyl (C=O) groups is 2. The van der Waals surface area contributed by atoms with Crippen molar-refractivity contribution >= 4 is 23.0 Å². The molecule has 0 radical (unpaired) electrons. The second-order valence-corrected chi connectivity index (χ2v) is 6.18. The second kappa shape index (κ2) is 7.90. The summed E-state index contributed by atoms with van der Waals surface area (Å²) in [5, 5.41) is 1.88. The summed E-state index contributed by atoms with van der Waals surface area (Å²) in [7, 11) is 0.